The number of anilines is 1. The first-order valence-corrected chi connectivity index (χ1v) is 9.21. The number of carbonyl (C=O) groups excluding carboxylic acids is 1. The van der Waals surface area contributed by atoms with E-state index in [1.54, 1.807) is 4.90 Å². The summed E-state index contributed by atoms with van der Waals surface area (Å²) in [5.41, 5.74) is 2.28. The van der Waals surface area contributed by atoms with Gasteiger partial charge in [-0.15, -0.1) is 0 Å². The monoisotopic (exact) mass is 368 g/mol. The number of benzene rings is 1. The van der Waals surface area contributed by atoms with E-state index in [2.05, 4.69) is 4.90 Å². The van der Waals surface area contributed by atoms with E-state index in [1.807, 2.05) is 46.8 Å². The Labute approximate surface area is 155 Å². The van der Waals surface area contributed by atoms with Gasteiger partial charge in [0.1, 0.15) is 5.60 Å². The van der Waals surface area contributed by atoms with E-state index in [1.165, 1.54) is 0 Å². The van der Waals surface area contributed by atoms with E-state index < -0.39 is 11.7 Å². The number of aliphatic hydroxyl groups is 1. The Balaban J connectivity index is 2.08. The molecule has 1 aliphatic heterocycles. The summed E-state index contributed by atoms with van der Waals surface area (Å²) in [7, 11) is 0. The van der Waals surface area contributed by atoms with E-state index in [0.717, 1.165) is 29.9 Å². The van der Waals surface area contributed by atoms with Crippen LogP contribution >= 0.6 is 11.6 Å². The normalized spacial score (nSPS) is 16.8. The predicted octanol–water partition coefficient (Wildman–Crippen LogP) is 4.15. The van der Waals surface area contributed by atoms with Gasteiger partial charge in [-0.2, -0.15) is 0 Å². The average molecular weight is 369 g/mol. The first-order valence-electron chi connectivity index (χ1n) is 8.83. The molecule has 0 aliphatic carbocycles. The van der Waals surface area contributed by atoms with Gasteiger partial charge < -0.3 is 19.6 Å². The van der Waals surface area contributed by atoms with Crippen LogP contribution in [0.2, 0.25) is 5.02 Å². The van der Waals surface area contributed by atoms with Gasteiger partial charge >= 0.3 is 6.09 Å². The Bertz CT molecular complexity index is 620. The Hall–Kier alpha value is -1.46. The van der Waals surface area contributed by atoms with Crippen molar-refractivity contribution in [2.24, 2.45) is 0 Å². The van der Waals surface area contributed by atoms with Gasteiger partial charge in [0, 0.05) is 42.5 Å². The van der Waals surface area contributed by atoms with Crippen LogP contribution in [0, 0.1) is 6.92 Å². The molecular weight excluding hydrogens is 340 g/mol. The highest BCUT2D eigenvalue weighted by Crippen LogP contribution is 2.33. The summed E-state index contributed by atoms with van der Waals surface area (Å²) in [5, 5.41) is 10.8. The number of piperazine rings is 1. The minimum Gasteiger partial charge on any atom is -0.444 e. The summed E-state index contributed by atoms with van der Waals surface area (Å²) in [6, 6.07) is 4.00. The van der Waals surface area contributed by atoms with Gasteiger partial charge in [-0.1, -0.05) is 18.5 Å². The molecule has 0 unspecified atom stereocenters. The van der Waals surface area contributed by atoms with Crippen LogP contribution in [0.15, 0.2) is 12.1 Å². The van der Waals surface area contributed by atoms with Gasteiger partial charge in [-0.3, -0.25) is 0 Å². The summed E-state index contributed by atoms with van der Waals surface area (Å²) < 4.78 is 5.44. The Morgan fingerprint density at radius 1 is 1.28 bits per heavy atom. The molecule has 1 atom stereocenters. The molecule has 0 aromatic heterocycles. The lowest BCUT2D eigenvalue weighted by atomic mass is 10.0. The zero-order valence-corrected chi connectivity index (χ0v) is 16.6. The van der Waals surface area contributed by atoms with Crippen LogP contribution in [-0.2, 0) is 4.74 Å². The van der Waals surface area contributed by atoms with Gasteiger partial charge in [0.25, 0.3) is 0 Å². The molecule has 1 amide bonds. The number of nitrogens with zero attached hydrogens (tertiary/aromatic N) is 2. The van der Waals surface area contributed by atoms with Crippen molar-refractivity contribution in [2.75, 3.05) is 31.1 Å². The van der Waals surface area contributed by atoms with Crippen LogP contribution in [0.1, 0.15) is 51.3 Å². The van der Waals surface area contributed by atoms with Crippen molar-refractivity contribution < 1.29 is 14.6 Å². The van der Waals surface area contributed by atoms with E-state index in [-0.39, 0.29) is 6.09 Å². The number of ether oxygens (including phenoxy) is 1. The number of rotatable bonds is 3. The van der Waals surface area contributed by atoms with E-state index in [4.69, 9.17) is 16.3 Å². The second-order valence-electron chi connectivity index (χ2n) is 7.54. The third kappa shape index (κ3) is 5.02. The molecule has 1 aromatic rings. The molecule has 1 aliphatic rings. The lowest BCUT2D eigenvalue weighted by Gasteiger charge is -2.37. The molecule has 0 saturated carbocycles. The van der Waals surface area contributed by atoms with Gasteiger partial charge in [-0.25, -0.2) is 4.79 Å². The highest BCUT2D eigenvalue weighted by atomic mass is 35.5. The molecule has 6 heteroatoms. The fraction of sp³-hybridized carbons (Fsp3) is 0.632. The van der Waals surface area contributed by atoms with Crippen molar-refractivity contribution in [1.29, 1.82) is 0 Å². The summed E-state index contributed by atoms with van der Waals surface area (Å²) in [4.78, 5) is 16.1. The number of aryl methyl sites for hydroxylation is 1. The quantitative estimate of drug-likeness (QED) is 0.870. The molecule has 1 aromatic carbocycles. The molecule has 25 heavy (non-hydrogen) atoms. The Kier molecular flexibility index (Phi) is 6.22. The van der Waals surface area contributed by atoms with Crippen LogP contribution in [0.4, 0.5) is 10.5 Å². The first-order chi connectivity index (χ1) is 11.6. The van der Waals surface area contributed by atoms with Crippen molar-refractivity contribution in [2.45, 2.75) is 52.7 Å². The lowest BCUT2D eigenvalue weighted by molar-refractivity contribution is 0.0240. The third-order valence-corrected chi connectivity index (χ3v) is 4.83. The van der Waals surface area contributed by atoms with E-state index in [0.29, 0.717) is 24.5 Å². The summed E-state index contributed by atoms with van der Waals surface area (Å²) in [5.74, 6) is 0. The molecule has 0 spiro atoms. The fourth-order valence-corrected chi connectivity index (χ4v) is 3.13. The minimum absolute atomic E-state index is 0.262. The van der Waals surface area contributed by atoms with Crippen molar-refractivity contribution in [3.05, 3.63) is 28.3 Å². The molecule has 1 fully saturated rings. The van der Waals surface area contributed by atoms with Crippen LogP contribution in [0.3, 0.4) is 0 Å². The summed E-state index contributed by atoms with van der Waals surface area (Å²) in [6.45, 7) is 12.2. The molecule has 2 rings (SSSR count). The van der Waals surface area contributed by atoms with Gasteiger partial charge in [0.2, 0.25) is 0 Å². The maximum atomic E-state index is 12.2. The number of hydrogen-bond acceptors (Lipinski definition) is 4. The number of aliphatic hydroxyl groups excluding tert-OH is 1. The predicted molar refractivity (Wildman–Crippen MR) is 101 cm³/mol. The van der Waals surface area contributed by atoms with Crippen LogP contribution in [-0.4, -0.2) is 47.9 Å². The number of carbonyl (C=O) groups is 1. The minimum atomic E-state index is -0.561. The summed E-state index contributed by atoms with van der Waals surface area (Å²) in [6.07, 6.45) is -0.203. The van der Waals surface area contributed by atoms with Crippen LogP contribution < -0.4 is 4.90 Å². The molecule has 5 nitrogen and oxygen atoms in total. The number of amides is 1. The van der Waals surface area contributed by atoms with E-state index >= 15 is 0 Å². The fourth-order valence-electron chi connectivity index (χ4n) is 2.90. The molecule has 0 bridgehead atoms. The average Bonchev–Trinajstić information content (AvgIpc) is 2.55. The Morgan fingerprint density at radius 2 is 1.88 bits per heavy atom. The first kappa shape index (κ1) is 19.9. The van der Waals surface area contributed by atoms with Crippen molar-refractivity contribution in [3.63, 3.8) is 0 Å². The lowest BCUT2D eigenvalue weighted by Crippen LogP contribution is -2.50. The zero-order valence-electron chi connectivity index (χ0n) is 15.8. The van der Waals surface area contributed by atoms with Gasteiger partial charge in [0.05, 0.1) is 6.10 Å². The van der Waals surface area contributed by atoms with Crippen LogP contribution in [0.25, 0.3) is 0 Å². The number of halogens is 1. The van der Waals surface area contributed by atoms with E-state index in [9.17, 15) is 9.90 Å². The van der Waals surface area contributed by atoms with Crippen molar-refractivity contribution in [3.8, 4) is 0 Å². The summed E-state index contributed by atoms with van der Waals surface area (Å²) >= 11 is 6.36. The molecular formula is C19H29ClN2O3. The highest BCUT2D eigenvalue weighted by molar-refractivity contribution is 6.32. The van der Waals surface area contributed by atoms with Crippen molar-refractivity contribution >= 4 is 23.4 Å². The topological polar surface area (TPSA) is 53.0 Å². The van der Waals surface area contributed by atoms with Gasteiger partial charge in [-0.05, 0) is 51.8 Å². The molecule has 0 radical (unpaired) electrons. The third-order valence-electron chi connectivity index (χ3n) is 4.31. The second-order valence-corrected chi connectivity index (χ2v) is 7.92. The highest BCUT2D eigenvalue weighted by Gasteiger charge is 2.26. The molecule has 1 heterocycles. The second kappa shape index (κ2) is 7.83. The largest absolute Gasteiger partial charge is 0.444 e. The Morgan fingerprint density at radius 3 is 2.40 bits per heavy atom. The molecule has 1 N–H and O–H groups in total. The maximum absolute atomic E-state index is 12.2. The number of hydrogen-bond donors (Lipinski definition) is 1. The SMILES string of the molecule is CC[C@H](O)c1cc(N2CCN(C(=O)OC(C)(C)C)CC2)cc(C)c1Cl. The smallest absolute Gasteiger partial charge is 0.410 e. The van der Waals surface area contributed by atoms with Crippen LogP contribution in [0.5, 0.6) is 0 Å². The standard InChI is InChI=1S/C19H29ClN2O3/c1-6-16(23)15-12-14(11-13(2)17(15)20)21-7-9-22(10-8-21)18(24)25-19(3,4)5/h11-12,16,23H,6-10H2,1-5H3/t16-/m0/s1. The van der Waals surface area contributed by atoms with Crippen molar-refractivity contribution in [1.82, 2.24) is 4.90 Å². The molecule has 140 valence electrons. The zero-order chi connectivity index (χ0) is 18.8. The molecule has 1 saturated heterocycles. The van der Waals surface area contributed by atoms with Gasteiger partial charge in [0.15, 0.2) is 0 Å². The maximum Gasteiger partial charge on any atom is 0.410 e.